The zero-order valence-electron chi connectivity index (χ0n) is 11.1. The second-order valence-corrected chi connectivity index (χ2v) is 3.04. The van der Waals surface area contributed by atoms with Crippen LogP contribution in [0.2, 0.25) is 0 Å². The van der Waals surface area contributed by atoms with Gasteiger partial charge in [0.25, 0.3) is 0 Å². The van der Waals surface area contributed by atoms with Gasteiger partial charge in [0.1, 0.15) is 0 Å². The Bertz CT molecular complexity index is 264. The second kappa shape index (κ2) is 21.7. The summed E-state index contributed by atoms with van der Waals surface area (Å²) in [6.07, 6.45) is 3.60. The van der Waals surface area contributed by atoms with Gasteiger partial charge in [-0.3, -0.25) is 4.79 Å². The summed E-state index contributed by atoms with van der Waals surface area (Å²) in [5.74, 6) is -0.733. The minimum Gasteiger partial charge on any atom is -0.463 e. The molecular formula is C13H21ClO5. The van der Waals surface area contributed by atoms with Crippen LogP contribution in [-0.2, 0) is 19.1 Å². The molecule has 0 aromatic carbocycles. The summed E-state index contributed by atoms with van der Waals surface area (Å²) in [4.78, 5) is 20.1. The van der Waals surface area contributed by atoms with Gasteiger partial charge in [-0.25, -0.2) is 4.79 Å². The first kappa shape index (κ1) is 22.6. The molecule has 0 aliphatic rings. The summed E-state index contributed by atoms with van der Waals surface area (Å²) in [5.41, 5.74) is 1.22. The molecule has 0 fully saturated rings. The maximum atomic E-state index is 10.4. The fraction of sp³-hybridized carbons (Fsp3) is 0.385. The van der Waals surface area contributed by atoms with Crippen molar-refractivity contribution in [2.75, 3.05) is 13.2 Å². The van der Waals surface area contributed by atoms with Gasteiger partial charge in [-0.2, -0.15) is 0 Å². The van der Waals surface area contributed by atoms with E-state index in [2.05, 4.69) is 29.2 Å². The third kappa shape index (κ3) is 38.5. The van der Waals surface area contributed by atoms with Crippen molar-refractivity contribution in [3.05, 3.63) is 37.6 Å². The van der Waals surface area contributed by atoms with E-state index in [0.717, 1.165) is 12.3 Å². The van der Waals surface area contributed by atoms with Crippen molar-refractivity contribution in [2.45, 2.75) is 19.8 Å². The van der Waals surface area contributed by atoms with Crippen LogP contribution < -0.4 is 0 Å². The molecule has 0 spiro atoms. The van der Waals surface area contributed by atoms with E-state index in [0.29, 0.717) is 19.4 Å². The molecule has 0 radical (unpaired) electrons. The summed E-state index contributed by atoms with van der Waals surface area (Å²) in [7, 11) is 0. The van der Waals surface area contributed by atoms with Crippen LogP contribution in [0.1, 0.15) is 19.8 Å². The molecule has 0 unspecified atom stereocenters. The van der Waals surface area contributed by atoms with Gasteiger partial charge in [0.05, 0.1) is 12.9 Å². The predicted molar refractivity (Wildman–Crippen MR) is 75.5 cm³/mol. The van der Waals surface area contributed by atoms with Gasteiger partial charge in [-0.15, -0.1) is 0 Å². The summed E-state index contributed by atoms with van der Waals surface area (Å²) >= 11 is 4.76. The Morgan fingerprint density at radius 3 is 2.05 bits per heavy atom. The number of aliphatic hydroxyl groups excluding tert-OH is 1. The third-order valence-electron chi connectivity index (χ3n) is 1.21. The molecule has 0 amide bonds. The highest BCUT2D eigenvalue weighted by atomic mass is 35.5. The van der Waals surface area contributed by atoms with Gasteiger partial charge in [0.15, 0.2) is 0 Å². The predicted octanol–water partition coefficient (Wildman–Crippen LogP) is 2.55. The number of esters is 2. The molecule has 19 heavy (non-hydrogen) atoms. The fourth-order valence-corrected chi connectivity index (χ4v) is 0.563. The van der Waals surface area contributed by atoms with Gasteiger partial charge in [0, 0.05) is 19.6 Å². The van der Waals surface area contributed by atoms with Gasteiger partial charge in [-0.05, 0) is 18.4 Å². The number of ether oxygens (including phenoxy) is 2. The molecule has 110 valence electrons. The summed E-state index contributed by atoms with van der Waals surface area (Å²) in [5, 5.41) is 8.33. The quantitative estimate of drug-likeness (QED) is 0.352. The largest absolute Gasteiger partial charge is 0.463 e. The van der Waals surface area contributed by atoms with E-state index in [9.17, 15) is 9.59 Å². The lowest BCUT2D eigenvalue weighted by Gasteiger charge is -1.98. The number of unbranched alkanes of at least 4 members (excludes halogenated alkanes) is 1. The topological polar surface area (TPSA) is 72.8 Å². The molecule has 0 atom stereocenters. The van der Waals surface area contributed by atoms with E-state index in [-0.39, 0.29) is 12.6 Å². The van der Waals surface area contributed by atoms with Gasteiger partial charge < -0.3 is 14.6 Å². The monoisotopic (exact) mass is 292 g/mol. The van der Waals surface area contributed by atoms with Crippen molar-refractivity contribution in [2.24, 2.45) is 0 Å². The molecule has 0 rings (SSSR count). The molecule has 0 saturated carbocycles. The van der Waals surface area contributed by atoms with Crippen molar-refractivity contribution in [1.29, 1.82) is 0 Å². The minimum absolute atomic E-state index is 0.144. The molecule has 0 heterocycles. The Kier molecular flexibility index (Phi) is 25.8. The number of hydrogen-bond acceptors (Lipinski definition) is 5. The number of halogens is 1. The zero-order chi connectivity index (χ0) is 15.5. The van der Waals surface area contributed by atoms with Crippen molar-refractivity contribution < 1.29 is 24.2 Å². The Morgan fingerprint density at radius 2 is 1.79 bits per heavy atom. The van der Waals surface area contributed by atoms with E-state index >= 15 is 0 Å². The number of hydrogen-bond donors (Lipinski definition) is 1. The highest BCUT2D eigenvalue weighted by molar-refractivity contribution is 6.25. The Morgan fingerprint density at radius 1 is 1.26 bits per heavy atom. The minimum atomic E-state index is -0.405. The Labute approximate surface area is 119 Å². The van der Waals surface area contributed by atoms with Crippen LogP contribution in [0, 0.1) is 0 Å². The number of rotatable bonds is 6. The van der Waals surface area contributed by atoms with Crippen LogP contribution >= 0.6 is 11.6 Å². The van der Waals surface area contributed by atoms with Crippen molar-refractivity contribution >= 4 is 23.5 Å². The molecule has 5 nitrogen and oxygen atoms in total. The van der Waals surface area contributed by atoms with E-state index in [4.69, 9.17) is 16.7 Å². The normalized spacial score (nSPS) is 7.53. The van der Waals surface area contributed by atoms with Crippen LogP contribution in [0.25, 0.3) is 0 Å². The Balaban J connectivity index is -0.000000242. The fourth-order valence-electron chi connectivity index (χ4n) is 0.563. The van der Waals surface area contributed by atoms with Crippen LogP contribution in [-0.4, -0.2) is 30.3 Å². The molecule has 0 bridgehead atoms. The third-order valence-corrected chi connectivity index (χ3v) is 1.21. The molecule has 0 aromatic rings. The average molecular weight is 293 g/mol. The maximum absolute atomic E-state index is 10.4. The molecule has 1 N–H and O–H groups in total. The average Bonchev–Trinajstić information content (AvgIpc) is 2.36. The van der Waals surface area contributed by atoms with Crippen LogP contribution in [0.15, 0.2) is 37.6 Å². The van der Waals surface area contributed by atoms with Crippen LogP contribution in [0.3, 0.4) is 0 Å². The Hall–Kier alpha value is -1.59. The maximum Gasteiger partial charge on any atom is 0.330 e. The lowest BCUT2D eigenvalue weighted by atomic mass is 10.3. The summed E-state index contributed by atoms with van der Waals surface area (Å²) in [6, 6.07) is 0. The second-order valence-electron chi connectivity index (χ2n) is 2.73. The van der Waals surface area contributed by atoms with E-state index in [1.165, 1.54) is 12.5 Å². The number of carbonyl (C=O) groups is 2. The first-order valence-electron chi connectivity index (χ1n) is 5.39. The molecule has 0 aliphatic carbocycles. The molecule has 0 aliphatic heterocycles. The first-order valence-corrected chi connectivity index (χ1v) is 5.83. The van der Waals surface area contributed by atoms with Crippen LogP contribution in [0.4, 0.5) is 0 Å². The van der Waals surface area contributed by atoms with Gasteiger partial charge in [-0.1, -0.05) is 31.3 Å². The SMILES string of the molecule is C=CC(=O)OCCCCO.C=CCl.C=COC(C)=O. The summed E-state index contributed by atoms with van der Waals surface area (Å²) < 4.78 is 8.79. The zero-order valence-corrected chi connectivity index (χ0v) is 11.9. The number of aliphatic hydroxyl groups is 1. The lowest BCUT2D eigenvalue weighted by molar-refractivity contribution is -0.138. The standard InChI is InChI=1S/C7H12O3.C4H6O2.C2H3Cl/c1-2-7(9)10-6-4-3-5-8;1-3-6-4(2)5;1-2-3/h2,8H,1,3-6H2;3H,1H2,2H3;2H,1H2. The van der Waals surface area contributed by atoms with E-state index < -0.39 is 5.97 Å². The van der Waals surface area contributed by atoms with E-state index in [1.54, 1.807) is 0 Å². The summed E-state index contributed by atoms with van der Waals surface area (Å²) in [6.45, 7) is 11.4. The highest BCUT2D eigenvalue weighted by Gasteiger charge is 1.92. The van der Waals surface area contributed by atoms with Gasteiger partial charge >= 0.3 is 11.9 Å². The van der Waals surface area contributed by atoms with Crippen molar-refractivity contribution in [1.82, 2.24) is 0 Å². The van der Waals surface area contributed by atoms with Crippen molar-refractivity contribution in [3.8, 4) is 0 Å². The molecule has 6 heteroatoms. The molecule has 0 aromatic heterocycles. The smallest absolute Gasteiger partial charge is 0.330 e. The molecule has 0 saturated heterocycles. The van der Waals surface area contributed by atoms with Gasteiger partial charge in [0.2, 0.25) is 0 Å². The number of carbonyl (C=O) groups excluding carboxylic acids is 2. The molecular weight excluding hydrogens is 272 g/mol. The highest BCUT2D eigenvalue weighted by Crippen LogP contribution is 1.88. The first-order chi connectivity index (χ1) is 8.99. The lowest BCUT2D eigenvalue weighted by Crippen LogP contribution is -2.02. The van der Waals surface area contributed by atoms with E-state index in [1.807, 2.05) is 0 Å². The van der Waals surface area contributed by atoms with Crippen LogP contribution in [0.5, 0.6) is 0 Å². The van der Waals surface area contributed by atoms with Crippen molar-refractivity contribution in [3.63, 3.8) is 0 Å².